The number of amides is 1. The van der Waals surface area contributed by atoms with Gasteiger partial charge in [0.05, 0.1) is 0 Å². The zero-order chi connectivity index (χ0) is 11.7. The first kappa shape index (κ1) is 11.0. The van der Waals surface area contributed by atoms with Gasteiger partial charge in [-0.25, -0.2) is 8.78 Å². The van der Waals surface area contributed by atoms with Gasteiger partial charge in [0, 0.05) is 11.6 Å². The van der Waals surface area contributed by atoms with Gasteiger partial charge in [0.25, 0.3) is 0 Å². The number of hydrogen-bond donors (Lipinski definition) is 2. The molecule has 1 aromatic carbocycles. The van der Waals surface area contributed by atoms with Gasteiger partial charge in [-0.1, -0.05) is 6.07 Å². The maximum absolute atomic E-state index is 13.4. The quantitative estimate of drug-likeness (QED) is 0.811. The number of nitrogens with two attached hydrogens (primary N) is 1. The van der Waals surface area contributed by atoms with E-state index in [9.17, 15) is 13.6 Å². The minimum atomic E-state index is -1.09. The topological polar surface area (TPSA) is 55.1 Å². The largest absolute Gasteiger partial charge is 0.368 e. The van der Waals surface area contributed by atoms with Crippen molar-refractivity contribution in [1.82, 2.24) is 5.32 Å². The standard InChI is InChI=1S/C11H12F2N2O/c12-7-2-1-3-8(13)9(7)10(11(14)16)15-6-4-5-6/h1-3,6,10,15H,4-5H2,(H2,14,16). The van der Waals surface area contributed by atoms with Crippen LogP contribution in [-0.4, -0.2) is 11.9 Å². The molecule has 0 saturated heterocycles. The Labute approximate surface area is 91.6 Å². The lowest BCUT2D eigenvalue weighted by Gasteiger charge is -2.16. The normalized spacial score (nSPS) is 17.1. The number of primary amides is 1. The van der Waals surface area contributed by atoms with Gasteiger partial charge in [0.2, 0.25) is 5.91 Å². The predicted molar refractivity (Wildman–Crippen MR) is 54.5 cm³/mol. The molecule has 0 bridgehead atoms. The molecular weight excluding hydrogens is 214 g/mol. The molecule has 5 heteroatoms. The molecule has 0 spiro atoms. The fourth-order valence-corrected chi connectivity index (χ4v) is 1.58. The molecule has 1 aliphatic carbocycles. The molecular formula is C11H12F2N2O. The lowest BCUT2D eigenvalue weighted by Crippen LogP contribution is -2.36. The number of carbonyl (C=O) groups excluding carboxylic acids is 1. The average Bonchev–Trinajstić information content (AvgIpc) is 2.99. The highest BCUT2D eigenvalue weighted by Crippen LogP contribution is 2.26. The number of carbonyl (C=O) groups is 1. The predicted octanol–water partition coefficient (Wildman–Crippen LogP) is 1.24. The number of benzene rings is 1. The lowest BCUT2D eigenvalue weighted by molar-refractivity contribution is -0.120. The molecule has 16 heavy (non-hydrogen) atoms. The third-order valence-electron chi connectivity index (χ3n) is 2.55. The Kier molecular flexibility index (Phi) is 2.87. The fourth-order valence-electron chi connectivity index (χ4n) is 1.58. The molecule has 86 valence electrons. The second kappa shape index (κ2) is 4.17. The van der Waals surface area contributed by atoms with Crippen molar-refractivity contribution in [2.24, 2.45) is 5.73 Å². The Balaban J connectivity index is 2.33. The molecule has 1 saturated carbocycles. The number of nitrogens with one attached hydrogen (secondary N) is 1. The molecule has 2 rings (SSSR count). The van der Waals surface area contributed by atoms with Gasteiger partial charge >= 0.3 is 0 Å². The minimum absolute atomic E-state index is 0.136. The van der Waals surface area contributed by atoms with Crippen LogP contribution in [0.4, 0.5) is 8.78 Å². The summed E-state index contributed by atoms with van der Waals surface area (Å²) in [5.41, 5.74) is 4.86. The summed E-state index contributed by atoms with van der Waals surface area (Å²) in [6.07, 6.45) is 1.81. The van der Waals surface area contributed by atoms with Crippen molar-refractivity contribution in [3.63, 3.8) is 0 Å². The molecule has 1 amide bonds. The monoisotopic (exact) mass is 226 g/mol. The maximum Gasteiger partial charge on any atom is 0.239 e. The van der Waals surface area contributed by atoms with E-state index in [0.717, 1.165) is 25.0 Å². The first-order chi connectivity index (χ1) is 7.59. The van der Waals surface area contributed by atoms with Crippen LogP contribution in [0.25, 0.3) is 0 Å². The van der Waals surface area contributed by atoms with Crippen LogP contribution in [-0.2, 0) is 4.79 Å². The van der Waals surface area contributed by atoms with Crippen molar-refractivity contribution in [3.8, 4) is 0 Å². The SMILES string of the molecule is NC(=O)C(NC1CC1)c1c(F)cccc1F. The Morgan fingerprint density at radius 2 is 1.94 bits per heavy atom. The highest BCUT2D eigenvalue weighted by Gasteiger charge is 2.31. The van der Waals surface area contributed by atoms with E-state index in [0.29, 0.717) is 0 Å². The van der Waals surface area contributed by atoms with Crippen LogP contribution >= 0.6 is 0 Å². The summed E-state index contributed by atoms with van der Waals surface area (Å²) in [7, 11) is 0. The van der Waals surface area contributed by atoms with Crippen molar-refractivity contribution in [1.29, 1.82) is 0 Å². The summed E-state index contributed by atoms with van der Waals surface area (Å²) in [6.45, 7) is 0. The molecule has 0 radical (unpaired) electrons. The number of halogens is 2. The summed E-state index contributed by atoms with van der Waals surface area (Å²) < 4.78 is 26.9. The van der Waals surface area contributed by atoms with E-state index in [2.05, 4.69) is 5.32 Å². The minimum Gasteiger partial charge on any atom is -0.368 e. The fraction of sp³-hybridized carbons (Fsp3) is 0.364. The molecule has 3 N–H and O–H groups in total. The van der Waals surface area contributed by atoms with Gasteiger partial charge in [-0.2, -0.15) is 0 Å². The van der Waals surface area contributed by atoms with Crippen LogP contribution in [0.2, 0.25) is 0 Å². The third kappa shape index (κ3) is 2.19. The molecule has 0 heterocycles. The van der Waals surface area contributed by atoms with E-state index in [4.69, 9.17) is 5.73 Å². The maximum atomic E-state index is 13.4. The van der Waals surface area contributed by atoms with Crippen LogP contribution in [0.3, 0.4) is 0 Å². The third-order valence-corrected chi connectivity index (χ3v) is 2.55. The van der Waals surface area contributed by atoms with Gasteiger partial charge < -0.3 is 5.73 Å². The van der Waals surface area contributed by atoms with Crippen LogP contribution in [0.5, 0.6) is 0 Å². The summed E-state index contributed by atoms with van der Waals surface area (Å²) in [6, 6.07) is 2.53. The Morgan fingerprint density at radius 3 is 2.38 bits per heavy atom. The van der Waals surface area contributed by atoms with E-state index >= 15 is 0 Å². The van der Waals surface area contributed by atoms with Crippen LogP contribution in [0.1, 0.15) is 24.4 Å². The van der Waals surface area contributed by atoms with Gasteiger partial charge in [-0.15, -0.1) is 0 Å². The zero-order valence-corrected chi connectivity index (χ0v) is 8.54. The van der Waals surface area contributed by atoms with Gasteiger partial charge in [-0.3, -0.25) is 10.1 Å². The molecule has 0 aliphatic heterocycles. The molecule has 1 aromatic rings. The van der Waals surface area contributed by atoms with E-state index in [-0.39, 0.29) is 11.6 Å². The molecule has 1 unspecified atom stereocenters. The lowest BCUT2D eigenvalue weighted by atomic mass is 10.0. The Bertz CT molecular complexity index is 398. The molecule has 3 nitrogen and oxygen atoms in total. The molecule has 1 atom stereocenters. The highest BCUT2D eigenvalue weighted by molar-refractivity contribution is 5.81. The highest BCUT2D eigenvalue weighted by atomic mass is 19.1. The Morgan fingerprint density at radius 1 is 1.38 bits per heavy atom. The van der Waals surface area contributed by atoms with E-state index in [1.165, 1.54) is 6.07 Å². The van der Waals surface area contributed by atoms with Crippen LogP contribution < -0.4 is 11.1 Å². The van der Waals surface area contributed by atoms with E-state index in [1.807, 2.05) is 0 Å². The molecule has 1 fully saturated rings. The summed E-state index contributed by atoms with van der Waals surface area (Å²) in [5.74, 6) is -2.27. The van der Waals surface area contributed by atoms with Crippen LogP contribution in [0.15, 0.2) is 18.2 Å². The summed E-state index contributed by atoms with van der Waals surface area (Å²) in [5, 5.41) is 2.83. The summed E-state index contributed by atoms with van der Waals surface area (Å²) >= 11 is 0. The molecule has 0 aromatic heterocycles. The van der Waals surface area contributed by atoms with Crippen molar-refractivity contribution in [2.45, 2.75) is 24.9 Å². The van der Waals surface area contributed by atoms with Crippen LogP contribution in [0, 0.1) is 11.6 Å². The van der Waals surface area contributed by atoms with Gasteiger partial charge in [-0.05, 0) is 25.0 Å². The average molecular weight is 226 g/mol. The Hall–Kier alpha value is -1.49. The summed E-state index contributed by atoms with van der Waals surface area (Å²) in [4.78, 5) is 11.2. The van der Waals surface area contributed by atoms with Gasteiger partial charge in [0.1, 0.15) is 17.7 Å². The second-order valence-corrected chi connectivity index (χ2v) is 3.91. The van der Waals surface area contributed by atoms with Crippen molar-refractivity contribution in [3.05, 3.63) is 35.4 Å². The number of rotatable bonds is 4. The number of hydrogen-bond acceptors (Lipinski definition) is 2. The van der Waals surface area contributed by atoms with E-state index in [1.54, 1.807) is 0 Å². The van der Waals surface area contributed by atoms with Gasteiger partial charge in [0.15, 0.2) is 0 Å². The molecule has 1 aliphatic rings. The van der Waals surface area contributed by atoms with Crippen molar-refractivity contribution < 1.29 is 13.6 Å². The van der Waals surface area contributed by atoms with Crippen molar-refractivity contribution in [2.75, 3.05) is 0 Å². The van der Waals surface area contributed by atoms with Crippen molar-refractivity contribution >= 4 is 5.91 Å². The second-order valence-electron chi connectivity index (χ2n) is 3.91. The van der Waals surface area contributed by atoms with E-state index < -0.39 is 23.6 Å². The first-order valence-electron chi connectivity index (χ1n) is 5.09. The first-order valence-corrected chi connectivity index (χ1v) is 5.09. The zero-order valence-electron chi connectivity index (χ0n) is 8.54. The smallest absolute Gasteiger partial charge is 0.239 e.